The Morgan fingerprint density at radius 3 is 3.14 bits per heavy atom. The molecule has 7 heavy (non-hydrogen) atoms. The van der Waals surface area contributed by atoms with Crippen LogP contribution in [-0.4, -0.2) is 6.34 Å². The maximum Gasteiger partial charge on any atom is 0.135 e. The van der Waals surface area contributed by atoms with Gasteiger partial charge in [-0.1, -0.05) is 0 Å². The topological polar surface area (TPSA) is 73.8 Å². The van der Waals surface area contributed by atoms with Crippen LogP contribution >= 0.6 is 0 Å². The molecule has 0 saturated carbocycles. The predicted molar refractivity (Wildman–Crippen MR) is 21.3 cm³/mol. The Bertz CT molecular complexity index is 106. The molecular formula is CH2N6. The van der Waals surface area contributed by atoms with Crippen LogP contribution in [0.5, 0.6) is 0 Å². The van der Waals surface area contributed by atoms with Gasteiger partial charge in [-0.3, -0.25) is 0 Å². The van der Waals surface area contributed by atoms with Crippen LogP contribution in [0.25, 0.3) is 0 Å². The van der Waals surface area contributed by atoms with Gasteiger partial charge in [-0.15, -0.1) is 5.10 Å². The molecule has 6 nitrogen and oxygen atoms in total. The zero-order chi connectivity index (χ0) is 4.95. The van der Waals surface area contributed by atoms with Gasteiger partial charge < -0.3 is 0 Å². The van der Waals surface area contributed by atoms with Gasteiger partial charge in [-0.05, 0) is 20.9 Å². The molecule has 0 aromatic heterocycles. The molecule has 0 unspecified atom stereocenters. The van der Waals surface area contributed by atoms with Crippen molar-refractivity contribution < 1.29 is 0 Å². The molecule has 0 spiro atoms. The lowest BCUT2D eigenvalue weighted by Gasteiger charge is -1.72. The minimum absolute atomic E-state index is 1.28. The van der Waals surface area contributed by atoms with Crippen molar-refractivity contribution >= 4 is 6.34 Å². The third kappa shape index (κ3) is 1.04. The SMILES string of the molecule is C1=NN=NN=NN1. The summed E-state index contributed by atoms with van der Waals surface area (Å²) in [7, 11) is 0. The van der Waals surface area contributed by atoms with Gasteiger partial charge in [0.15, 0.2) is 0 Å². The average molecular weight is 98.1 g/mol. The van der Waals surface area contributed by atoms with Crippen molar-refractivity contribution in [2.24, 2.45) is 26.0 Å². The highest BCUT2D eigenvalue weighted by Gasteiger charge is 1.71. The van der Waals surface area contributed by atoms with Crippen molar-refractivity contribution in [3.63, 3.8) is 0 Å². The number of rotatable bonds is 0. The van der Waals surface area contributed by atoms with Gasteiger partial charge >= 0.3 is 0 Å². The van der Waals surface area contributed by atoms with Crippen molar-refractivity contribution in [1.82, 2.24) is 5.43 Å². The summed E-state index contributed by atoms with van der Waals surface area (Å²) in [6.07, 6.45) is 1.28. The van der Waals surface area contributed by atoms with Crippen molar-refractivity contribution in [1.29, 1.82) is 0 Å². The highest BCUT2D eigenvalue weighted by molar-refractivity contribution is 5.52. The second kappa shape index (κ2) is 1.96. The average Bonchev–Trinajstić information content (AvgIpc) is 1.90. The Labute approximate surface area is 39.0 Å². The van der Waals surface area contributed by atoms with Gasteiger partial charge in [0.1, 0.15) is 6.34 Å². The summed E-state index contributed by atoms with van der Waals surface area (Å²) in [5.41, 5.74) is 2.33. The Morgan fingerprint density at radius 2 is 2.14 bits per heavy atom. The van der Waals surface area contributed by atoms with Crippen LogP contribution in [0.1, 0.15) is 0 Å². The van der Waals surface area contributed by atoms with Crippen molar-refractivity contribution in [3.05, 3.63) is 0 Å². The van der Waals surface area contributed by atoms with Gasteiger partial charge in [0.05, 0.1) is 0 Å². The largest absolute Gasteiger partial charge is 0.246 e. The van der Waals surface area contributed by atoms with E-state index in [9.17, 15) is 0 Å². The Morgan fingerprint density at radius 1 is 1.14 bits per heavy atom. The lowest BCUT2D eigenvalue weighted by atomic mass is 11.3. The lowest BCUT2D eigenvalue weighted by Crippen LogP contribution is -1.96. The standard InChI is InChI=1S/CH2N6/c1-2-4-6-7-5-3-1/h1H,(H,2,3,4,5,6,7). The van der Waals surface area contributed by atoms with E-state index in [2.05, 4.69) is 31.4 Å². The maximum atomic E-state index is 3.31. The smallest absolute Gasteiger partial charge is 0.135 e. The first-order valence-corrected chi connectivity index (χ1v) is 1.57. The molecule has 1 aliphatic rings. The molecule has 0 aromatic rings. The minimum atomic E-state index is 1.28. The molecule has 0 amide bonds. The van der Waals surface area contributed by atoms with Crippen LogP contribution in [0.3, 0.4) is 0 Å². The summed E-state index contributed by atoms with van der Waals surface area (Å²) < 4.78 is 0. The van der Waals surface area contributed by atoms with E-state index in [4.69, 9.17) is 0 Å². The molecule has 0 saturated heterocycles. The van der Waals surface area contributed by atoms with E-state index in [0.29, 0.717) is 0 Å². The molecule has 1 rings (SSSR count). The molecule has 6 heteroatoms. The van der Waals surface area contributed by atoms with Gasteiger partial charge in [0.25, 0.3) is 0 Å². The normalized spacial score (nSPS) is 16.0. The van der Waals surface area contributed by atoms with Crippen LogP contribution in [0.4, 0.5) is 0 Å². The number of hydrogen-bond acceptors (Lipinski definition) is 6. The van der Waals surface area contributed by atoms with Crippen LogP contribution in [0.15, 0.2) is 26.0 Å². The highest BCUT2D eigenvalue weighted by Crippen LogP contribution is 1.80. The summed E-state index contributed by atoms with van der Waals surface area (Å²) in [6, 6.07) is 0. The molecular weight excluding hydrogens is 96.1 g/mol. The molecule has 1 N–H and O–H groups in total. The second-order valence-corrected chi connectivity index (χ2v) is 0.742. The zero-order valence-corrected chi connectivity index (χ0v) is 3.31. The fourth-order valence-corrected chi connectivity index (χ4v) is 0.164. The molecule has 0 bridgehead atoms. The molecule has 1 aliphatic heterocycles. The monoisotopic (exact) mass is 98.0 g/mol. The first-order valence-electron chi connectivity index (χ1n) is 1.57. The fourth-order valence-electron chi connectivity index (χ4n) is 0.164. The Hall–Kier alpha value is -1.33. The van der Waals surface area contributed by atoms with Crippen LogP contribution in [0.2, 0.25) is 0 Å². The minimum Gasteiger partial charge on any atom is -0.246 e. The lowest BCUT2D eigenvalue weighted by molar-refractivity contribution is 0.842. The molecule has 0 fully saturated rings. The van der Waals surface area contributed by atoms with E-state index < -0.39 is 0 Å². The summed E-state index contributed by atoms with van der Waals surface area (Å²) in [5.74, 6) is 0. The van der Waals surface area contributed by atoms with Gasteiger partial charge in [0, 0.05) is 0 Å². The maximum absolute atomic E-state index is 3.31. The zero-order valence-electron chi connectivity index (χ0n) is 3.31. The van der Waals surface area contributed by atoms with E-state index in [1.165, 1.54) is 6.34 Å². The van der Waals surface area contributed by atoms with E-state index >= 15 is 0 Å². The van der Waals surface area contributed by atoms with Crippen molar-refractivity contribution in [2.75, 3.05) is 0 Å². The van der Waals surface area contributed by atoms with Crippen LogP contribution < -0.4 is 5.43 Å². The Kier molecular flexibility index (Phi) is 1.08. The highest BCUT2D eigenvalue weighted by atomic mass is 15.6. The van der Waals surface area contributed by atoms with Gasteiger partial charge in [-0.2, -0.15) is 0 Å². The second-order valence-electron chi connectivity index (χ2n) is 0.742. The number of hydrogen-bond donors (Lipinski definition) is 1. The van der Waals surface area contributed by atoms with Gasteiger partial charge in [-0.25, -0.2) is 5.43 Å². The third-order valence-corrected chi connectivity index (χ3v) is 0.350. The predicted octanol–water partition coefficient (Wildman–Crippen LogP) is 0.267. The first-order chi connectivity index (χ1) is 3.50. The molecule has 0 radical (unpaired) electrons. The van der Waals surface area contributed by atoms with E-state index in [1.807, 2.05) is 0 Å². The summed E-state index contributed by atoms with van der Waals surface area (Å²) in [6.45, 7) is 0. The van der Waals surface area contributed by atoms with Crippen LogP contribution in [-0.2, 0) is 0 Å². The fraction of sp³-hybridized carbons (Fsp3) is 0. The van der Waals surface area contributed by atoms with Crippen LogP contribution in [0, 0.1) is 0 Å². The molecule has 0 aliphatic carbocycles. The summed E-state index contributed by atoms with van der Waals surface area (Å²) in [4.78, 5) is 0. The molecule has 0 aromatic carbocycles. The van der Waals surface area contributed by atoms with Crippen molar-refractivity contribution in [3.8, 4) is 0 Å². The first kappa shape index (κ1) is 3.85. The van der Waals surface area contributed by atoms with E-state index in [1.54, 1.807) is 0 Å². The molecule has 0 atom stereocenters. The molecule has 1 heterocycles. The number of nitrogens with one attached hydrogen (secondary N) is 1. The quantitative estimate of drug-likeness (QED) is 0.463. The number of nitrogens with zero attached hydrogens (tertiary/aromatic N) is 5. The Balaban J connectivity index is 2.60. The summed E-state index contributed by atoms with van der Waals surface area (Å²) >= 11 is 0. The van der Waals surface area contributed by atoms with E-state index in [0.717, 1.165) is 0 Å². The van der Waals surface area contributed by atoms with Gasteiger partial charge in [0.2, 0.25) is 0 Å². The van der Waals surface area contributed by atoms with Crippen molar-refractivity contribution in [2.45, 2.75) is 0 Å². The summed E-state index contributed by atoms with van der Waals surface area (Å²) in [5, 5.41) is 15.9. The molecule has 36 valence electrons. The van der Waals surface area contributed by atoms with E-state index in [-0.39, 0.29) is 0 Å². The third-order valence-electron chi connectivity index (χ3n) is 0.350.